The van der Waals surface area contributed by atoms with Crippen molar-refractivity contribution in [3.05, 3.63) is 23.8 Å². The SMILES string of the molecule is COc1cc(NC(=O)OC2CCCC2)ccc1C(=O)N1CCC2CCCCC2C1. The highest BCUT2D eigenvalue weighted by Crippen LogP contribution is 2.37. The molecular weight excluding hydrogens is 368 g/mol. The van der Waals surface area contributed by atoms with E-state index in [0.717, 1.165) is 51.1 Å². The van der Waals surface area contributed by atoms with Crippen molar-refractivity contribution in [1.82, 2.24) is 4.90 Å². The molecule has 1 saturated heterocycles. The van der Waals surface area contributed by atoms with Gasteiger partial charge in [0.25, 0.3) is 5.91 Å². The van der Waals surface area contributed by atoms with E-state index in [2.05, 4.69) is 5.32 Å². The summed E-state index contributed by atoms with van der Waals surface area (Å²) >= 11 is 0. The molecule has 2 aliphatic carbocycles. The molecule has 2 amide bonds. The van der Waals surface area contributed by atoms with Crippen LogP contribution in [0.25, 0.3) is 0 Å². The van der Waals surface area contributed by atoms with Gasteiger partial charge in [0.2, 0.25) is 0 Å². The molecule has 2 saturated carbocycles. The third kappa shape index (κ3) is 4.68. The second-order valence-electron chi connectivity index (χ2n) is 8.70. The number of carbonyl (C=O) groups is 2. The van der Waals surface area contributed by atoms with Crippen LogP contribution in [0.1, 0.15) is 68.1 Å². The third-order valence-corrected chi connectivity index (χ3v) is 6.83. The molecule has 158 valence electrons. The summed E-state index contributed by atoms with van der Waals surface area (Å²) in [6.45, 7) is 1.66. The predicted molar refractivity (Wildman–Crippen MR) is 111 cm³/mol. The van der Waals surface area contributed by atoms with Gasteiger partial charge in [0.15, 0.2) is 0 Å². The van der Waals surface area contributed by atoms with Crippen LogP contribution < -0.4 is 10.1 Å². The number of anilines is 1. The van der Waals surface area contributed by atoms with Crippen LogP contribution in [-0.4, -0.2) is 43.2 Å². The average Bonchev–Trinajstić information content (AvgIpc) is 3.25. The van der Waals surface area contributed by atoms with Gasteiger partial charge in [-0.3, -0.25) is 10.1 Å². The van der Waals surface area contributed by atoms with E-state index in [9.17, 15) is 9.59 Å². The molecule has 2 unspecified atom stereocenters. The Balaban J connectivity index is 1.40. The Morgan fingerprint density at radius 1 is 1.00 bits per heavy atom. The lowest BCUT2D eigenvalue weighted by Gasteiger charge is -2.41. The molecule has 4 rings (SSSR count). The van der Waals surface area contributed by atoms with E-state index >= 15 is 0 Å². The zero-order chi connectivity index (χ0) is 20.2. The van der Waals surface area contributed by atoms with Crippen molar-refractivity contribution in [2.24, 2.45) is 11.8 Å². The van der Waals surface area contributed by atoms with Gasteiger partial charge in [0, 0.05) is 24.8 Å². The molecule has 6 nitrogen and oxygen atoms in total. The molecule has 0 bridgehead atoms. The van der Waals surface area contributed by atoms with Crippen LogP contribution in [0.2, 0.25) is 0 Å². The molecule has 1 aliphatic heterocycles. The molecule has 29 heavy (non-hydrogen) atoms. The number of methoxy groups -OCH3 is 1. The highest BCUT2D eigenvalue weighted by molar-refractivity contribution is 5.98. The monoisotopic (exact) mass is 400 g/mol. The quantitative estimate of drug-likeness (QED) is 0.785. The summed E-state index contributed by atoms with van der Waals surface area (Å²) in [5, 5.41) is 2.76. The minimum atomic E-state index is -0.447. The number of hydrogen-bond acceptors (Lipinski definition) is 4. The van der Waals surface area contributed by atoms with Crippen molar-refractivity contribution >= 4 is 17.7 Å². The van der Waals surface area contributed by atoms with Crippen LogP contribution in [-0.2, 0) is 4.74 Å². The van der Waals surface area contributed by atoms with Crippen molar-refractivity contribution in [2.75, 3.05) is 25.5 Å². The van der Waals surface area contributed by atoms with Crippen molar-refractivity contribution in [1.29, 1.82) is 0 Å². The van der Waals surface area contributed by atoms with Gasteiger partial charge in [-0.1, -0.05) is 19.3 Å². The number of benzene rings is 1. The fourth-order valence-electron chi connectivity index (χ4n) is 5.21. The van der Waals surface area contributed by atoms with Gasteiger partial charge >= 0.3 is 6.09 Å². The maximum Gasteiger partial charge on any atom is 0.411 e. The molecule has 0 radical (unpaired) electrons. The van der Waals surface area contributed by atoms with Crippen molar-refractivity contribution in [2.45, 2.75) is 63.9 Å². The number of rotatable bonds is 4. The van der Waals surface area contributed by atoms with Gasteiger partial charge in [0.05, 0.1) is 12.7 Å². The van der Waals surface area contributed by atoms with E-state index in [0.29, 0.717) is 22.9 Å². The first-order valence-corrected chi connectivity index (χ1v) is 11.1. The number of hydrogen-bond donors (Lipinski definition) is 1. The lowest BCUT2D eigenvalue weighted by atomic mass is 9.75. The van der Waals surface area contributed by atoms with Crippen molar-refractivity contribution < 1.29 is 19.1 Å². The minimum Gasteiger partial charge on any atom is -0.496 e. The molecule has 6 heteroatoms. The molecule has 1 aromatic carbocycles. The lowest BCUT2D eigenvalue weighted by Crippen LogP contribution is -2.44. The number of likely N-dealkylation sites (tertiary alicyclic amines) is 1. The molecule has 1 heterocycles. The molecule has 2 atom stereocenters. The number of ether oxygens (including phenoxy) is 2. The van der Waals surface area contributed by atoms with Crippen LogP contribution in [0.15, 0.2) is 18.2 Å². The predicted octanol–water partition coefficient (Wildman–Crippen LogP) is 4.84. The van der Waals surface area contributed by atoms with Gasteiger partial charge < -0.3 is 14.4 Å². The molecule has 1 N–H and O–H groups in total. The normalized spacial score (nSPS) is 24.7. The lowest BCUT2D eigenvalue weighted by molar-refractivity contribution is 0.0518. The summed E-state index contributed by atoms with van der Waals surface area (Å²) < 4.78 is 10.9. The molecule has 0 spiro atoms. The number of fused-ring (bicyclic) bond motifs is 1. The summed E-state index contributed by atoms with van der Waals surface area (Å²) in [5.74, 6) is 1.93. The second-order valence-corrected chi connectivity index (χ2v) is 8.70. The summed E-state index contributed by atoms with van der Waals surface area (Å²) in [6, 6.07) is 5.20. The standard InChI is InChI=1S/C23H32N2O4/c1-28-21-14-18(24-23(27)29-19-8-4-5-9-19)10-11-20(21)22(26)25-13-12-16-6-2-3-7-17(16)15-25/h10-11,14,16-17,19H,2-9,12-13,15H2,1H3,(H,24,27). The minimum absolute atomic E-state index is 0.0143. The number of amides is 2. The molecule has 0 aromatic heterocycles. The van der Waals surface area contributed by atoms with E-state index in [1.54, 1.807) is 25.3 Å². The largest absolute Gasteiger partial charge is 0.496 e. The first-order valence-electron chi connectivity index (χ1n) is 11.1. The summed E-state index contributed by atoms with van der Waals surface area (Å²) in [7, 11) is 1.56. The van der Waals surface area contributed by atoms with Gasteiger partial charge in [0.1, 0.15) is 11.9 Å². The number of nitrogens with one attached hydrogen (secondary N) is 1. The molecule has 3 aliphatic rings. The Morgan fingerprint density at radius 2 is 1.72 bits per heavy atom. The maximum absolute atomic E-state index is 13.2. The van der Waals surface area contributed by atoms with Crippen LogP contribution in [0.5, 0.6) is 5.75 Å². The van der Waals surface area contributed by atoms with Gasteiger partial charge in [-0.2, -0.15) is 0 Å². The molecule has 3 fully saturated rings. The highest BCUT2D eigenvalue weighted by atomic mass is 16.6. The smallest absolute Gasteiger partial charge is 0.411 e. The van der Waals surface area contributed by atoms with Gasteiger partial charge in [-0.25, -0.2) is 4.79 Å². The topological polar surface area (TPSA) is 67.9 Å². The fraction of sp³-hybridized carbons (Fsp3) is 0.652. The van der Waals surface area contributed by atoms with E-state index in [1.807, 2.05) is 4.90 Å². The van der Waals surface area contributed by atoms with Crippen LogP contribution >= 0.6 is 0 Å². The first-order chi connectivity index (χ1) is 14.1. The van der Waals surface area contributed by atoms with Crippen LogP contribution in [0.3, 0.4) is 0 Å². The Hall–Kier alpha value is -2.24. The molecular formula is C23H32N2O4. The van der Waals surface area contributed by atoms with Crippen LogP contribution in [0.4, 0.5) is 10.5 Å². The average molecular weight is 401 g/mol. The zero-order valence-corrected chi connectivity index (χ0v) is 17.3. The first kappa shape index (κ1) is 20.0. The van der Waals surface area contributed by atoms with E-state index in [-0.39, 0.29) is 12.0 Å². The van der Waals surface area contributed by atoms with Gasteiger partial charge in [-0.15, -0.1) is 0 Å². The fourth-order valence-corrected chi connectivity index (χ4v) is 5.21. The highest BCUT2D eigenvalue weighted by Gasteiger charge is 2.34. The van der Waals surface area contributed by atoms with E-state index in [1.165, 1.54) is 25.7 Å². The third-order valence-electron chi connectivity index (χ3n) is 6.83. The Kier molecular flexibility index (Phi) is 6.26. The number of carbonyl (C=O) groups excluding carboxylic acids is 2. The van der Waals surface area contributed by atoms with Crippen molar-refractivity contribution in [3.8, 4) is 5.75 Å². The van der Waals surface area contributed by atoms with E-state index in [4.69, 9.17) is 9.47 Å². The summed E-state index contributed by atoms with van der Waals surface area (Å²) in [4.78, 5) is 27.2. The van der Waals surface area contributed by atoms with E-state index < -0.39 is 6.09 Å². The number of piperidine rings is 1. The van der Waals surface area contributed by atoms with Gasteiger partial charge in [-0.05, 0) is 62.5 Å². The van der Waals surface area contributed by atoms with Crippen LogP contribution in [0, 0.1) is 11.8 Å². The summed E-state index contributed by atoms with van der Waals surface area (Å²) in [6.07, 6.45) is 9.92. The maximum atomic E-state index is 13.2. The zero-order valence-electron chi connectivity index (χ0n) is 17.3. The Morgan fingerprint density at radius 3 is 2.48 bits per heavy atom. The Labute approximate surface area is 172 Å². The number of nitrogens with zero attached hydrogens (tertiary/aromatic N) is 1. The summed E-state index contributed by atoms with van der Waals surface area (Å²) in [5.41, 5.74) is 1.13. The molecule has 1 aromatic rings. The Bertz CT molecular complexity index is 744. The van der Waals surface area contributed by atoms with Crippen molar-refractivity contribution in [3.63, 3.8) is 0 Å². The second kappa shape index (κ2) is 9.06.